The Hall–Kier alpha value is -4.46. The SMILES string of the molecule is O=C(CC1(c2ccccc2)CCN(C(=O)OCc2ccccc2)CC1)NC1=NN(c2ccccc2)C(=O)C1. The summed E-state index contributed by atoms with van der Waals surface area (Å²) >= 11 is 0. The van der Waals surface area contributed by atoms with Crippen molar-refractivity contribution in [1.29, 1.82) is 0 Å². The fraction of sp³-hybridized carbons (Fsp3) is 0.267. The van der Waals surface area contributed by atoms with Crippen LogP contribution in [0.1, 0.15) is 36.8 Å². The number of anilines is 1. The number of hydrogen-bond acceptors (Lipinski definition) is 5. The number of carbonyl (C=O) groups is 3. The zero-order chi connectivity index (χ0) is 26.4. The number of para-hydroxylation sites is 1. The van der Waals surface area contributed by atoms with Gasteiger partial charge in [-0.25, -0.2) is 4.79 Å². The van der Waals surface area contributed by atoms with Gasteiger partial charge >= 0.3 is 6.09 Å². The van der Waals surface area contributed by atoms with E-state index in [9.17, 15) is 14.4 Å². The maximum Gasteiger partial charge on any atom is 0.410 e. The number of nitrogens with zero attached hydrogens (tertiary/aromatic N) is 3. The van der Waals surface area contributed by atoms with Gasteiger partial charge in [-0.3, -0.25) is 9.59 Å². The lowest BCUT2D eigenvalue weighted by atomic mass is 9.70. The molecule has 8 heteroatoms. The molecule has 0 spiro atoms. The number of amidine groups is 1. The minimum atomic E-state index is -0.441. The van der Waals surface area contributed by atoms with E-state index < -0.39 is 5.41 Å². The van der Waals surface area contributed by atoms with Crippen LogP contribution in [-0.4, -0.2) is 41.7 Å². The number of piperidine rings is 1. The molecule has 3 aromatic carbocycles. The molecule has 0 aromatic heterocycles. The molecule has 2 heterocycles. The third-order valence-corrected chi connectivity index (χ3v) is 7.13. The molecule has 1 fully saturated rings. The van der Waals surface area contributed by atoms with E-state index in [0.29, 0.717) is 37.5 Å². The van der Waals surface area contributed by atoms with Gasteiger partial charge < -0.3 is 15.0 Å². The van der Waals surface area contributed by atoms with Crippen LogP contribution in [0.4, 0.5) is 10.5 Å². The van der Waals surface area contributed by atoms with E-state index in [2.05, 4.69) is 10.4 Å². The lowest BCUT2D eigenvalue weighted by Crippen LogP contribution is -2.47. The number of hydrazone groups is 1. The first-order valence-electron chi connectivity index (χ1n) is 12.8. The van der Waals surface area contributed by atoms with Crippen LogP contribution in [0.25, 0.3) is 0 Å². The van der Waals surface area contributed by atoms with E-state index in [1.54, 1.807) is 17.0 Å². The Balaban J connectivity index is 1.24. The molecule has 38 heavy (non-hydrogen) atoms. The average molecular weight is 511 g/mol. The molecule has 3 amide bonds. The lowest BCUT2D eigenvalue weighted by Gasteiger charge is -2.41. The molecule has 0 radical (unpaired) electrons. The van der Waals surface area contributed by atoms with Gasteiger partial charge in [0.05, 0.1) is 12.1 Å². The van der Waals surface area contributed by atoms with Crippen molar-refractivity contribution in [3.05, 3.63) is 102 Å². The number of ether oxygens (including phenoxy) is 1. The summed E-state index contributed by atoms with van der Waals surface area (Å²) < 4.78 is 5.52. The number of amides is 3. The molecule has 2 aliphatic heterocycles. The Kier molecular flexibility index (Phi) is 7.49. The number of hydrogen-bond donors (Lipinski definition) is 1. The van der Waals surface area contributed by atoms with Gasteiger partial charge in [-0.15, -0.1) is 0 Å². The number of nitrogens with one attached hydrogen (secondary N) is 1. The van der Waals surface area contributed by atoms with Crippen LogP contribution in [-0.2, 0) is 26.3 Å². The summed E-state index contributed by atoms with van der Waals surface area (Å²) in [5.41, 5.74) is 2.22. The summed E-state index contributed by atoms with van der Waals surface area (Å²) in [6, 6.07) is 28.7. The van der Waals surface area contributed by atoms with Crippen LogP contribution in [0.15, 0.2) is 96.1 Å². The maximum atomic E-state index is 13.2. The summed E-state index contributed by atoms with van der Waals surface area (Å²) in [7, 11) is 0. The van der Waals surface area contributed by atoms with Crippen molar-refractivity contribution in [2.75, 3.05) is 18.1 Å². The molecule has 5 rings (SSSR count). The first-order chi connectivity index (χ1) is 18.5. The van der Waals surface area contributed by atoms with E-state index in [0.717, 1.165) is 11.1 Å². The minimum Gasteiger partial charge on any atom is -0.445 e. The quantitative estimate of drug-likeness (QED) is 0.524. The normalized spacial score (nSPS) is 16.6. The predicted octanol–water partition coefficient (Wildman–Crippen LogP) is 4.61. The van der Waals surface area contributed by atoms with Gasteiger partial charge in [-0.1, -0.05) is 78.9 Å². The predicted molar refractivity (Wildman–Crippen MR) is 144 cm³/mol. The average Bonchev–Trinajstić information content (AvgIpc) is 3.33. The lowest BCUT2D eigenvalue weighted by molar-refractivity contribution is -0.121. The Morgan fingerprint density at radius 3 is 2.13 bits per heavy atom. The summed E-state index contributed by atoms with van der Waals surface area (Å²) in [5, 5.41) is 8.54. The zero-order valence-corrected chi connectivity index (χ0v) is 21.1. The molecule has 0 atom stereocenters. The van der Waals surface area contributed by atoms with Crippen LogP contribution < -0.4 is 10.3 Å². The van der Waals surface area contributed by atoms with Crippen molar-refractivity contribution in [3.63, 3.8) is 0 Å². The molecule has 0 bridgehead atoms. The van der Waals surface area contributed by atoms with Crippen molar-refractivity contribution in [2.45, 2.75) is 37.7 Å². The monoisotopic (exact) mass is 510 g/mol. The molecule has 0 saturated carbocycles. The second kappa shape index (κ2) is 11.3. The maximum absolute atomic E-state index is 13.2. The highest BCUT2D eigenvalue weighted by molar-refractivity contribution is 6.15. The molecule has 8 nitrogen and oxygen atoms in total. The number of benzene rings is 3. The van der Waals surface area contributed by atoms with Gasteiger partial charge in [0.15, 0.2) is 0 Å². The van der Waals surface area contributed by atoms with Crippen molar-refractivity contribution >= 4 is 29.4 Å². The van der Waals surface area contributed by atoms with Gasteiger partial charge in [-0.05, 0) is 36.1 Å². The highest BCUT2D eigenvalue weighted by atomic mass is 16.6. The number of rotatable bonds is 6. The third kappa shape index (κ3) is 5.75. The van der Waals surface area contributed by atoms with Crippen LogP contribution in [0, 0.1) is 0 Å². The van der Waals surface area contributed by atoms with Crippen LogP contribution in [0.2, 0.25) is 0 Å². The molecule has 2 aliphatic rings. The molecule has 0 unspecified atom stereocenters. The standard InChI is InChI=1S/C30H30N4O4/c35-27(31-26-20-28(36)34(32-26)25-14-8-3-9-15-25)21-30(24-12-6-2-7-13-24)16-18-33(19-17-30)29(37)38-22-23-10-4-1-5-11-23/h1-15H,16-22H2,(H,31,32,35). The van der Waals surface area contributed by atoms with Crippen LogP contribution in [0.5, 0.6) is 0 Å². The van der Waals surface area contributed by atoms with Gasteiger partial charge in [0.1, 0.15) is 12.4 Å². The van der Waals surface area contributed by atoms with E-state index in [1.807, 2.05) is 78.9 Å². The summed E-state index contributed by atoms with van der Waals surface area (Å²) in [6.45, 7) is 1.19. The second-order valence-electron chi connectivity index (χ2n) is 9.66. The summed E-state index contributed by atoms with van der Waals surface area (Å²) in [6.07, 6.45) is 1.15. The molecule has 1 saturated heterocycles. The molecule has 194 valence electrons. The first kappa shape index (κ1) is 25.2. The smallest absolute Gasteiger partial charge is 0.410 e. The number of carbonyl (C=O) groups excluding carboxylic acids is 3. The third-order valence-electron chi connectivity index (χ3n) is 7.13. The van der Waals surface area contributed by atoms with Crippen LogP contribution >= 0.6 is 0 Å². The van der Waals surface area contributed by atoms with Gasteiger partial charge in [0.25, 0.3) is 5.91 Å². The number of likely N-dealkylation sites (tertiary alicyclic amines) is 1. The van der Waals surface area contributed by atoms with Crippen LogP contribution in [0.3, 0.4) is 0 Å². The topological polar surface area (TPSA) is 91.3 Å². The minimum absolute atomic E-state index is 0.0417. The van der Waals surface area contributed by atoms with Crippen molar-refractivity contribution in [2.24, 2.45) is 5.10 Å². The largest absolute Gasteiger partial charge is 0.445 e. The van der Waals surface area contributed by atoms with E-state index in [-0.39, 0.29) is 37.4 Å². The fourth-order valence-corrected chi connectivity index (χ4v) is 5.07. The van der Waals surface area contributed by atoms with Crippen molar-refractivity contribution < 1.29 is 19.1 Å². The summed E-state index contributed by atoms with van der Waals surface area (Å²) in [5.74, 6) is -0.0454. The molecular weight excluding hydrogens is 480 g/mol. The Bertz CT molecular complexity index is 1300. The molecule has 1 N–H and O–H groups in total. The highest BCUT2D eigenvalue weighted by Crippen LogP contribution is 2.39. The van der Waals surface area contributed by atoms with Gasteiger partial charge in [0, 0.05) is 24.9 Å². The first-order valence-corrected chi connectivity index (χ1v) is 12.8. The second-order valence-corrected chi connectivity index (χ2v) is 9.66. The van der Waals surface area contributed by atoms with Crippen molar-refractivity contribution in [3.8, 4) is 0 Å². The molecule has 0 aliphatic carbocycles. The van der Waals surface area contributed by atoms with E-state index in [4.69, 9.17) is 4.74 Å². The van der Waals surface area contributed by atoms with Gasteiger partial charge in [-0.2, -0.15) is 10.1 Å². The summed E-state index contributed by atoms with van der Waals surface area (Å²) in [4.78, 5) is 40.2. The van der Waals surface area contributed by atoms with E-state index >= 15 is 0 Å². The van der Waals surface area contributed by atoms with E-state index in [1.165, 1.54) is 5.01 Å². The highest BCUT2D eigenvalue weighted by Gasteiger charge is 2.40. The molecule has 3 aromatic rings. The molecular formula is C30H30N4O4. The Morgan fingerprint density at radius 1 is 0.868 bits per heavy atom. The van der Waals surface area contributed by atoms with Crippen molar-refractivity contribution in [1.82, 2.24) is 10.2 Å². The Morgan fingerprint density at radius 2 is 1.47 bits per heavy atom. The zero-order valence-electron chi connectivity index (χ0n) is 21.1. The fourth-order valence-electron chi connectivity index (χ4n) is 5.07. The Labute approximate surface area is 221 Å². The van der Waals surface area contributed by atoms with Gasteiger partial charge in [0.2, 0.25) is 5.91 Å².